The number of anilines is 2. The highest BCUT2D eigenvalue weighted by Gasteiger charge is 2.28. The number of carboxylic acids is 1. The Labute approximate surface area is 337 Å². The van der Waals surface area contributed by atoms with Crippen LogP contribution in [-0.2, 0) is 22.3 Å². The van der Waals surface area contributed by atoms with Gasteiger partial charge in [0.2, 0.25) is 5.91 Å². The second kappa shape index (κ2) is 22.4. The van der Waals surface area contributed by atoms with Gasteiger partial charge in [-0.15, -0.1) is 0 Å². The number of likely N-dealkylation sites (tertiary alicyclic amines) is 2. The number of piperidine rings is 2. The van der Waals surface area contributed by atoms with E-state index in [2.05, 4.69) is 5.32 Å². The molecule has 0 aliphatic carbocycles. The maximum Gasteiger partial charge on any atom is 0.303 e. The van der Waals surface area contributed by atoms with Crippen LogP contribution in [0.3, 0.4) is 0 Å². The number of amides is 1. The molecule has 0 radical (unpaired) electrons. The van der Waals surface area contributed by atoms with Crippen molar-refractivity contribution in [1.29, 1.82) is 0 Å². The van der Waals surface area contributed by atoms with Gasteiger partial charge in [0.25, 0.3) is 0 Å². The van der Waals surface area contributed by atoms with Crippen LogP contribution >= 0.6 is 0 Å². The highest BCUT2D eigenvalue weighted by atomic mass is 16.4. The number of rotatable bonds is 12. The SMILES string of the molecule is [2H]C([2H])([2H])C([2H])([2H])C(=O)O.[2H]C1([2H])CN(C([2H])([2H])C([2H])([2H])c2ccccc2)CCC1N(C(=O)C([2H])([2H])C([2H])([2H])[2H])c1ccccc1.[2H]C1([2H])CN(C([2H])([2H])C([2H])([2H])c2ccccc2)CCC1Nc1ccccc1. The smallest absolute Gasteiger partial charge is 0.303 e. The summed E-state index contributed by atoms with van der Waals surface area (Å²) in [6.07, 6.45) is -15.0. The molecule has 4 aromatic carbocycles. The molecule has 2 atom stereocenters. The zero-order valence-corrected chi connectivity index (χ0v) is 28.0. The fourth-order valence-corrected chi connectivity index (χ4v) is 5.05. The number of hydrogen-bond acceptors (Lipinski definition) is 5. The summed E-state index contributed by atoms with van der Waals surface area (Å²) >= 11 is 0. The number of para-hydroxylation sites is 2. The molecule has 2 N–H and O–H groups in total. The first-order valence-electron chi connectivity index (χ1n) is 27.3. The average molecular weight is 713 g/mol. The van der Waals surface area contributed by atoms with Crippen molar-refractivity contribution in [2.75, 3.05) is 49.4 Å². The van der Waals surface area contributed by atoms with Gasteiger partial charge >= 0.3 is 5.97 Å². The van der Waals surface area contributed by atoms with Gasteiger partial charge in [-0.05, 0) is 73.7 Å². The van der Waals surface area contributed by atoms with Crippen molar-refractivity contribution in [3.63, 3.8) is 0 Å². The monoisotopic (exact) mass is 713 g/mol. The summed E-state index contributed by atoms with van der Waals surface area (Å²) in [5.41, 5.74) is 1.27. The van der Waals surface area contributed by atoms with E-state index in [-0.39, 0.29) is 42.9 Å². The molecule has 4 aromatic rings. The summed E-state index contributed by atoms with van der Waals surface area (Å²) in [7, 11) is 0. The van der Waals surface area contributed by atoms with Gasteiger partial charge in [0, 0.05) is 106 Å². The molecule has 6 rings (SSSR count). The summed E-state index contributed by atoms with van der Waals surface area (Å²) in [4.78, 5) is 26.4. The topological polar surface area (TPSA) is 76.1 Å². The lowest BCUT2D eigenvalue weighted by Gasteiger charge is -2.38. The predicted octanol–water partition coefficient (Wildman–Crippen LogP) is 8.42. The van der Waals surface area contributed by atoms with Crippen molar-refractivity contribution in [3.05, 3.63) is 132 Å². The lowest BCUT2D eigenvalue weighted by atomic mass is 10.0. The van der Waals surface area contributed by atoms with E-state index >= 15 is 0 Å². The largest absolute Gasteiger partial charge is 0.481 e. The third kappa shape index (κ3) is 14.4. The molecule has 2 unspecified atom stereocenters. The lowest BCUT2D eigenvalue weighted by molar-refractivity contribution is -0.136. The predicted molar refractivity (Wildman–Crippen MR) is 211 cm³/mol. The quantitative estimate of drug-likeness (QED) is 0.154. The van der Waals surface area contributed by atoms with Gasteiger partial charge in [-0.3, -0.25) is 9.59 Å². The number of benzene rings is 4. The van der Waals surface area contributed by atoms with Crippen LogP contribution in [-0.4, -0.2) is 78.0 Å². The molecule has 2 saturated heterocycles. The molecule has 2 heterocycles. The number of hydrogen-bond donors (Lipinski definition) is 2. The van der Waals surface area contributed by atoms with E-state index in [0.717, 1.165) is 15.5 Å². The van der Waals surface area contributed by atoms with E-state index in [1.807, 2.05) is 30.3 Å². The van der Waals surface area contributed by atoms with Gasteiger partial charge in [-0.1, -0.05) is 111 Å². The number of nitrogens with one attached hydrogen (secondary N) is 1. The summed E-state index contributed by atoms with van der Waals surface area (Å²) in [6, 6.07) is 31.2. The van der Waals surface area contributed by atoms with E-state index in [9.17, 15) is 9.59 Å². The third-order valence-electron chi connectivity index (χ3n) is 7.56. The number of nitrogens with zero attached hydrogens (tertiary/aromatic N) is 3. The van der Waals surface area contributed by atoms with Crippen molar-refractivity contribution >= 4 is 23.3 Å². The highest BCUT2D eigenvalue weighted by molar-refractivity contribution is 5.93. The van der Waals surface area contributed by atoms with Crippen molar-refractivity contribution in [2.45, 2.75) is 76.9 Å². The Bertz CT molecular complexity index is 2430. The van der Waals surface area contributed by atoms with Crippen molar-refractivity contribution in [3.8, 4) is 0 Å². The molecule has 2 aliphatic heterocycles. The number of carbonyl (C=O) groups excluding carboxylic acids is 1. The number of aryl methyl sites for hydroxylation is 2. The molecule has 0 saturated carbocycles. The standard InChI is InChI=1S/C22H28N2O.C19H24N2.C3H6O2/c1-2-22(25)24(20-11-7-4-8-12-20)21-14-17-23(18-15-21)16-13-19-9-5-3-6-10-19;1-3-7-17(8-4-1)11-14-21-15-12-19(13-16-21)20-18-9-5-2-6-10-18;1-2-3(4)5/h3-12,21H,2,13-18H2,1H3;1-10,19-20H,11-16H2;2H2,1H3,(H,4,5)/i1D3,2D2,13D2,14D2,16D2;11D2,12D2,14D2;1D3,2D2. The second-order valence-electron chi connectivity index (χ2n) is 11.2. The van der Waals surface area contributed by atoms with Crippen LogP contribution < -0.4 is 10.2 Å². The van der Waals surface area contributed by atoms with Gasteiger partial charge in [-0.2, -0.15) is 0 Å². The third-order valence-corrected chi connectivity index (χ3v) is 7.56. The van der Waals surface area contributed by atoms with E-state index in [4.69, 9.17) is 35.3 Å². The Hall–Kier alpha value is -4.46. The average Bonchev–Trinajstić information content (AvgIpc) is 3.30. The summed E-state index contributed by atoms with van der Waals surface area (Å²) in [6.45, 7) is -12.0. The first-order chi connectivity index (χ1) is 33.3. The maximum absolute atomic E-state index is 13.3. The Morgan fingerprint density at radius 2 is 1.24 bits per heavy atom. The normalized spacial score (nSPS) is 28.1. The van der Waals surface area contributed by atoms with Crippen LogP contribution in [0.15, 0.2) is 121 Å². The van der Waals surface area contributed by atoms with Gasteiger partial charge < -0.3 is 25.1 Å². The number of carboxylic acid groups (broad SMARTS) is 1. The molecule has 272 valence electrons. The molecule has 7 nitrogen and oxygen atoms in total. The van der Waals surface area contributed by atoms with Crippen molar-refractivity contribution in [2.24, 2.45) is 0 Å². The van der Waals surface area contributed by atoms with Crippen molar-refractivity contribution < 1.29 is 44.9 Å². The molecule has 1 amide bonds. The van der Waals surface area contributed by atoms with Gasteiger partial charge in [-0.25, -0.2) is 0 Å². The maximum atomic E-state index is 13.3. The van der Waals surface area contributed by atoms with E-state index in [1.165, 1.54) is 29.2 Å². The zero-order valence-electron chi connectivity index (χ0n) is 50.0. The van der Waals surface area contributed by atoms with Crippen LogP contribution in [0.2, 0.25) is 0 Å². The van der Waals surface area contributed by atoms with Gasteiger partial charge in [0.15, 0.2) is 0 Å². The van der Waals surface area contributed by atoms with Crippen LogP contribution in [0.5, 0.6) is 0 Å². The second-order valence-corrected chi connectivity index (χ2v) is 11.2. The highest BCUT2D eigenvalue weighted by Crippen LogP contribution is 2.25. The van der Waals surface area contributed by atoms with Crippen LogP contribution in [0.25, 0.3) is 0 Å². The minimum atomic E-state index is -3.30. The summed E-state index contributed by atoms with van der Waals surface area (Å²) in [5, 5.41) is 11.2. The lowest BCUT2D eigenvalue weighted by Crippen LogP contribution is -2.47. The van der Waals surface area contributed by atoms with Gasteiger partial charge in [0.05, 0.1) is 0 Å². The molecular weight excluding hydrogens is 633 g/mol. The van der Waals surface area contributed by atoms with Gasteiger partial charge in [0.1, 0.15) is 0 Å². The molecule has 7 heteroatoms. The van der Waals surface area contributed by atoms with Crippen molar-refractivity contribution in [1.82, 2.24) is 9.80 Å². The minimum Gasteiger partial charge on any atom is -0.481 e. The zero-order chi connectivity index (χ0) is 55.4. The number of carbonyl (C=O) groups is 2. The molecular formula is C44H58N4O3. The Kier molecular flexibility index (Phi) is 8.27. The molecule has 51 heavy (non-hydrogen) atoms. The first-order valence-corrected chi connectivity index (χ1v) is 16.3. The van der Waals surface area contributed by atoms with E-state index in [0.29, 0.717) is 6.42 Å². The number of aliphatic carboxylic acids is 1. The minimum absolute atomic E-state index is 0.0876. The first kappa shape index (κ1) is 18.9. The molecule has 2 fully saturated rings. The van der Waals surface area contributed by atoms with E-state index < -0.39 is 95.4 Å². The Balaban J connectivity index is 0.000000274. The van der Waals surface area contributed by atoms with Crippen LogP contribution in [0.4, 0.5) is 11.4 Å². The molecule has 0 spiro atoms. The van der Waals surface area contributed by atoms with E-state index in [1.54, 1.807) is 66.7 Å². The Morgan fingerprint density at radius 3 is 1.73 bits per heavy atom. The summed E-state index contributed by atoms with van der Waals surface area (Å²) in [5.74, 6) is -3.38. The molecule has 0 bridgehead atoms. The Morgan fingerprint density at radius 1 is 0.725 bits per heavy atom. The molecule has 2 aliphatic rings. The van der Waals surface area contributed by atoms with Crippen LogP contribution in [0, 0.1) is 0 Å². The summed E-state index contributed by atoms with van der Waals surface area (Å²) < 4.78 is 173. The van der Waals surface area contributed by atoms with Crippen LogP contribution in [0.1, 0.15) is 93.3 Å². The fraction of sp³-hybridized carbons (Fsp3) is 0.409. The molecule has 0 aromatic heterocycles. The fourth-order valence-electron chi connectivity index (χ4n) is 5.05.